The van der Waals surface area contributed by atoms with Crippen LogP contribution in [0.25, 0.3) is 0 Å². The second kappa shape index (κ2) is 3.78. The van der Waals surface area contributed by atoms with Crippen molar-refractivity contribution in [2.45, 2.75) is 0 Å². The van der Waals surface area contributed by atoms with Crippen LogP contribution in [0.1, 0.15) is 0 Å². The topological polar surface area (TPSA) is 23.8 Å². The maximum absolute atomic E-state index is 7.68. The molecule has 5 heavy (non-hydrogen) atoms. The van der Waals surface area contributed by atoms with E-state index >= 15 is 0 Å². The maximum Gasteiger partial charge on any atom is 0.0768 e. The van der Waals surface area contributed by atoms with Gasteiger partial charge in [0.1, 0.15) is 0 Å². The minimum absolute atomic E-state index is 0.330. The average Bonchev–Trinajstić information content (AvgIpc) is 1.41. The van der Waals surface area contributed by atoms with E-state index in [0.29, 0.717) is 5.88 Å². The van der Waals surface area contributed by atoms with Crippen molar-refractivity contribution in [1.82, 2.24) is 0 Å². The van der Waals surface area contributed by atoms with Crippen LogP contribution in [0.2, 0.25) is 0 Å². The molecule has 1 radical (unpaired) electrons. The van der Waals surface area contributed by atoms with Crippen LogP contribution < -0.4 is 0 Å². The molecule has 0 aliphatic rings. The fraction of sp³-hybridized carbons (Fsp3) is 0.333. The third kappa shape index (κ3) is 3.78. The van der Waals surface area contributed by atoms with Crippen molar-refractivity contribution in [2.24, 2.45) is 0 Å². The summed E-state index contributed by atoms with van der Waals surface area (Å²) in [6.45, 7) is 0. The highest BCUT2D eigenvalue weighted by molar-refractivity contribution is 6.18. The number of rotatable bonds is 1. The second-order valence-corrected chi connectivity index (χ2v) is 0.796. The molecule has 0 spiro atoms. The molecule has 0 N–H and O–H groups in total. The molecular formula is C3H3ClN. The number of halogens is 1. The third-order valence-corrected chi connectivity index (χ3v) is 0.323. The molecule has 0 aromatic carbocycles. The van der Waals surface area contributed by atoms with Crippen LogP contribution in [0.5, 0.6) is 0 Å². The first-order valence-corrected chi connectivity index (χ1v) is 1.72. The average molecular weight is 88.5 g/mol. The lowest BCUT2D eigenvalue weighted by atomic mass is 10.6. The van der Waals surface area contributed by atoms with E-state index in [4.69, 9.17) is 16.9 Å². The van der Waals surface area contributed by atoms with E-state index in [9.17, 15) is 0 Å². The summed E-state index contributed by atoms with van der Waals surface area (Å²) in [4.78, 5) is 0. The molecule has 0 amide bonds. The second-order valence-electron chi connectivity index (χ2n) is 0.488. The molecule has 0 aromatic rings. The molecule has 0 rings (SSSR count). The van der Waals surface area contributed by atoms with Crippen molar-refractivity contribution in [2.75, 3.05) is 5.88 Å². The maximum atomic E-state index is 7.68. The highest BCUT2D eigenvalue weighted by Crippen LogP contribution is 1.74. The minimum Gasteiger partial charge on any atom is -0.198 e. The predicted octanol–water partition coefficient (Wildman–Crippen LogP) is 0.953. The molecule has 0 aliphatic carbocycles. The van der Waals surface area contributed by atoms with Crippen molar-refractivity contribution >= 4 is 11.6 Å². The Hall–Kier alpha value is -0.220. The van der Waals surface area contributed by atoms with Crippen LogP contribution in [-0.2, 0) is 0 Å². The number of alkyl halides is 1. The van der Waals surface area contributed by atoms with E-state index in [-0.39, 0.29) is 0 Å². The molecule has 0 aromatic heterocycles. The lowest BCUT2D eigenvalue weighted by Gasteiger charge is -1.62. The Morgan fingerprint density at radius 2 is 2.60 bits per heavy atom. The Morgan fingerprint density at radius 3 is 2.60 bits per heavy atom. The summed E-state index contributed by atoms with van der Waals surface area (Å²) in [5.74, 6) is 0.330. The van der Waals surface area contributed by atoms with Crippen molar-refractivity contribution < 1.29 is 0 Å². The van der Waals surface area contributed by atoms with Gasteiger partial charge in [-0.3, -0.25) is 0 Å². The zero-order chi connectivity index (χ0) is 4.12. The van der Waals surface area contributed by atoms with Gasteiger partial charge in [-0.2, -0.15) is 5.26 Å². The van der Waals surface area contributed by atoms with Crippen LogP contribution in [0.15, 0.2) is 0 Å². The lowest BCUT2D eigenvalue weighted by molar-refractivity contribution is 1.46. The zero-order valence-electron chi connectivity index (χ0n) is 2.61. The van der Waals surface area contributed by atoms with Crippen molar-refractivity contribution in [3.05, 3.63) is 6.42 Å². The van der Waals surface area contributed by atoms with Gasteiger partial charge in [0.25, 0.3) is 0 Å². The van der Waals surface area contributed by atoms with Gasteiger partial charge >= 0.3 is 0 Å². The molecule has 0 atom stereocenters. The fourth-order valence-corrected chi connectivity index (χ4v) is 0.104. The Kier molecular flexibility index (Phi) is 3.61. The summed E-state index contributed by atoms with van der Waals surface area (Å²) >= 11 is 5.02. The lowest BCUT2D eigenvalue weighted by Crippen LogP contribution is -1.63. The summed E-state index contributed by atoms with van der Waals surface area (Å²) in [6, 6.07) is 1.76. The highest BCUT2D eigenvalue weighted by atomic mass is 35.5. The molecule has 27 valence electrons. The van der Waals surface area contributed by atoms with Gasteiger partial charge in [0.15, 0.2) is 0 Å². The number of hydrogen-bond acceptors (Lipinski definition) is 1. The quantitative estimate of drug-likeness (QED) is 0.438. The molecule has 0 bridgehead atoms. The molecule has 0 aliphatic heterocycles. The predicted molar refractivity (Wildman–Crippen MR) is 20.6 cm³/mol. The molecule has 0 saturated carbocycles. The van der Waals surface area contributed by atoms with Crippen molar-refractivity contribution in [3.8, 4) is 6.07 Å². The third-order valence-electron chi connectivity index (χ3n) is 0.168. The molecule has 2 heteroatoms. The normalized spacial score (nSPS) is 6.40. The van der Waals surface area contributed by atoms with Gasteiger partial charge in [0.2, 0.25) is 0 Å². The van der Waals surface area contributed by atoms with Crippen LogP contribution >= 0.6 is 11.6 Å². The highest BCUT2D eigenvalue weighted by Gasteiger charge is 1.69. The number of nitriles is 1. The van der Waals surface area contributed by atoms with E-state index in [0.717, 1.165) is 0 Å². The summed E-state index contributed by atoms with van der Waals surface area (Å²) in [7, 11) is 0. The first-order chi connectivity index (χ1) is 2.41. The standard InChI is InChI=1S/C3H3ClN/c4-2-1-3-5/h1H,2H2. The zero-order valence-corrected chi connectivity index (χ0v) is 3.37. The summed E-state index contributed by atoms with van der Waals surface area (Å²) in [6.07, 6.45) is 1.32. The van der Waals surface area contributed by atoms with Crippen LogP contribution in [-0.4, -0.2) is 5.88 Å². The van der Waals surface area contributed by atoms with Gasteiger partial charge in [-0.25, -0.2) is 0 Å². The molecule has 0 saturated heterocycles. The van der Waals surface area contributed by atoms with Crippen molar-refractivity contribution in [1.29, 1.82) is 5.26 Å². The Bertz CT molecular complexity index is 45.3. The van der Waals surface area contributed by atoms with Crippen LogP contribution in [0.3, 0.4) is 0 Å². The number of nitrogens with zero attached hydrogens (tertiary/aromatic N) is 1. The van der Waals surface area contributed by atoms with Gasteiger partial charge in [-0.1, -0.05) is 0 Å². The minimum atomic E-state index is 0.330. The van der Waals surface area contributed by atoms with Gasteiger partial charge in [-0.15, -0.1) is 11.6 Å². The largest absolute Gasteiger partial charge is 0.198 e. The summed E-state index contributed by atoms with van der Waals surface area (Å²) in [5.41, 5.74) is 0. The molecule has 0 heterocycles. The summed E-state index contributed by atoms with van der Waals surface area (Å²) < 4.78 is 0. The van der Waals surface area contributed by atoms with Gasteiger partial charge in [-0.05, 0) is 0 Å². The Labute approximate surface area is 36.2 Å². The van der Waals surface area contributed by atoms with Crippen LogP contribution in [0, 0.1) is 17.8 Å². The molecule has 0 fully saturated rings. The molecule has 1 nitrogen and oxygen atoms in total. The first-order valence-electron chi connectivity index (χ1n) is 1.19. The summed E-state index contributed by atoms with van der Waals surface area (Å²) in [5, 5.41) is 7.68. The van der Waals surface area contributed by atoms with Crippen LogP contribution in [0.4, 0.5) is 0 Å². The van der Waals surface area contributed by atoms with Crippen molar-refractivity contribution in [3.63, 3.8) is 0 Å². The van der Waals surface area contributed by atoms with E-state index < -0.39 is 0 Å². The van der Waals surface area contributed by atoms with Gasteiger partial charge < -0.3 is 0 Å². The molecule has 0 unspecified atom stereocenters. The van der Waals surface area contributed by atoms with E-state index in [1.54, 1.807) is 6.07 Å². The Balaban J connectivity index is 2.48. The Morgan fingerprint density at radius 1 is 2.00 bits per heavy atom. The number of hydrogen-bond donors (Lipinski definition) is 0. The van der Waals surface area contributed by atoms with Gasteiger partial charge in [0, 0.05) is 5.88 Å². The van der Waals surface area contributed by atoms with E-state index in [1.165, 1.54) is 6.42 Å². The SMILES string of the molecule is N#C[CH]CCl. The van der Waals surface area contributed by atoms with Gasteiger partial charge in [0.05, 0.1) is 12.5 Å². The molecular weight excluding hydrogens is 85.5 g/mol. The monoisotopic (exact) mass is 88.0 g/mol. The van der Waals surface area contributed by atoms with E-state index in [2.05, 4.69) is 0 Å². The smallest absolute Gasteiger partial charge is 0.0768 e. The first kappa shape index (κ1) is 4.78. The van der Waals surface area contributed by atoms with E-state index in [1.807, 2.05) is 0 Å². The fourth-order valence-electron chi connectivity index (χ4n) is 0.0345.